The SMILES string of the molecule is O=C(CN1CCCCCC1)Nc1cccc(NC(=O)c2ccc(-c3ccco3)[nH]c2=O)c1. The van der Waals surface area contributed by atoms with Crippen molar-refractivity contribution in [1.82, 2.24) is 9.88 Å². The van der Waals surface area contributed by atoms with Gasteiger partial charge in [0.05, 0.1) is 18.5 Å². The molecule has 0 unspecified atom stereocenters. The maximum absolute atomic E-state index is 12.6. The van der Waals surface area contributed by atoms with E-state index in [1.165, 1.54) is 25.2 Å². The normalized spacial score (nSPS) is 14.5. The number of likely N-dealkylation sites (tertiary alicyclic amines) is 1. The molecule has 32 heavy (non-hydrogen) atoms. The Morgan fingerprint density at radius 2 is 1.69 bits per heavy atom. The first-order valence-electron chi connectivity index (χ1n) is 10.8. The molecule has 3 heterocycles. The Morgan fingerprint density at radius 3 is 2.38 bits per heavy atom. The van der Waals surface area contributed by atoms with Crippen LogP contribution >= 0.6 is 0 Å². The number of amides is 2. The second kappa shape index (κ2) is 10.1. The molecule has 1 aromatic carbocycles. The summed E-state index contributed by atoms with van der Waals surface area (Å²) in [5, 5.41) is 5.60. The Kier molecular flexibility index (Phi) is 6.81. The first-order chi connectivity index (χ1) is 15.6. The molecule has 4 rings (SSSR count). The maximum Gasteiger partial charge on any atom is 0.261 e. The van der Waals surface area contributed by atoms with Crippen molar-refractivity contribution in [3.63, 3.8) is 0 Å². The number of carbonyl (C=O) groups excluding carboxylic acids is 2. The van der Waals surface area contributed by atoms with Gasteiger partial charge in [-0.1, -0.05) is 18.9 Å². The molecule has 1 saturated heterocycles. The lowest BCUT2D eigenvalue weighted by Crippen LogP contribution is -2.33. The van der Waals surface area contributed by atoms with Crippen LogP contribution in [-0.4, -0.2) is 41.3 Å². The Balaban J connectivity index is 1.38. The van der Waals surface area contributed by atoms with E-state index >= 15 is 0 Å². The third-order valence-electron chi connectivity index (χ3n) is 5.41. The minimum atomic E-state index is -0.537. The largest absolute Gasteiger partial charge is 0.463 e. The van der Waals surface area contributed by atoms with E-state index in [4.69, 9.17) is 4.42 Å². The zero-order chi connectivity index (χ0) is 22.3. The number of rotatable bonds is 6. The Morgan fingerprint density at radius 1 is 0.938 bits per heavy atom. The number of aromatic nitrogens is 1. The number of H-pyrrole nitrogens is 1. The van der Waals surface area contributed by atoms with E-state index in [0.29, 0.717) is 29.4 Å². The summed E-state index contributed by atoms with van der Waals surface area (Å²) in [6.45, 7) is 2.24. The van der Waals surface area contributed by atoms with Gasteiger partial charge in [-0.15, -0.1) is 0 Å². The molecule has 8 heteroatoms. The number of furan rings is 1. The molecule has 8 nitrogen and oxygen atoms in total. The summed E-state index contributed by atoms with van der Waals surface area (Å²) in [5.74, 6) is -0.108. The van der Waals surface area contributed by atoms with E-state index < -0.39 is 11.5 Å². The minimum absolute atomic E-state index is 0.0177. The van der Waals surface area contributed by atoms with E-state index in [-0.39, 0.29) is 11.5 Å². The molecule has 0 saturated carbocycles. The first kappa shape index (κ1) is 21.6. The van der Waals surface area contributed by atoms with Gasteiger partial charge in [-0.2, -0.15) is 0 Å². The smallest absolute Gasteiger partial charge is 0.261 e. The van der Waals surface area contributed by atoms with Crippen molar-refractivity contribution < 1.29 is 14.0 Å². The van der Waals surface area contributed by atoms with Crippen LogP contribution in [0, 0.1) is 0 Å². The molecule has 166 valence electrons. The summed E-state index contributed by atoms with van der Waals surface area (Å²) >= 11 is 0. The molecule has 3 N–H and O–H groups in total. The standard InChI is InChI=1S/C24H26N4O4/c29-22(16-28-12-3-1-2-4-13-28)25-17-7-5-8-18(15-17)26-23(30)19-10-11-20(27-24(19)31)21-9-6-14-32-21/h5-11,14-15H,1-4,12-13,16H2,(H,25,29)(H,26,30)(H,27,31). The monoisotopic (exact) mass is 434 g/mol. The highest BCUT2D eigenvalue weighted by Crippen LogP contribution is 2.18. The van der Waals surface area contributed by atoms with Gasteiger partial charge in [0.15, 0.2) is 0 Å². The minimum Gasteiger partial charge on any atom is -0.463 e. The Hall–Kier alpha value is -3.65. The van der Waals surface area contributed by atoms with E-state index in [1.807, 2.05) is 0 Å². The quantitative estimate of drug-likeness (QED) is 0.548. The van der Waals surface area contributed by atoms with Gasteiger partial charge in [0.2, 0.25) is 5.91 Å². The molecule has 0 bridgehead atoms. The second-order valence-corrected chi connectivity index (χ2v) is 7.87. The fourth-order valence-corrected chi connectivity index (χ4v) is 3.80. The van der Waals surface area contributed by atoms with Crippen molar-refractivity contribution in [3.8, 4) is 11.5 Å². The number of nitrogens with one attached hydrogen (secondary N) is 3. The number of hydrogen-bond donors (Lipinski definition) is 3. The highest BCUT2D eigenvalue weighted by molar-refractivity contribution is 6.04. The van der Waals surface area contributed by atoms with Gasteiger partial charge in [-0.05, 0) is 68.4 Å². The molecule has 0 radical (unpaired) electrons. The average Bonchev–Trinajstić information content (AvgIpc) is 3.19. The number of pyridine rings is 1. The highest BCUT2D eigenvalue weighted by atomic mass is 16.3. The summed E-state index contributed by atoms with van der Waals surface area (Å²) in [6.07, 6.45) is 6.18. The molecule has 3 aromatic rings. The molecular weight excluding hydrogens is 408 g/mol. The van der Waals surface area contributed by atoms with Crippen molar-refractivity contribution in [2.45, 2.75) is 25.7 Å². The van der Waals surface area contributed by atoms with Gasteiger partial charge < -0.3 is 20.0 Å². The molecule has 1 aliphatic heterocycles. The molecule has 0 atom stereocenters. The predicted octanol–water partition coefficient (Wildman–Crippen LogP) is 3.70. The molecule has 0 spiro atoms. The van der Waals surface area contributed by atoms with Crippen molar-refractivity contribution >= 4 is 23.2 Å². The van der Waals surface area contributed by atoms with Gasteiger partial charge in [0.25, 0.3) is 11.5 Å². The maximum atomic E-state index is 12.6. The number of anilines is 2. The number of aromatic amines is 1. The second-order valence-electron chi connectivity index (χ2n) is 7.87. The van der Waals surface area contributed by atoms with Crippen LogP contribution in [0.4, 0.5) is 11.4 Å². The molecule has 2 amide bonds. The zero-order valence-electron chi connectivity index (χ0n) is 17.7. The van der Waals surface area contributed by atoms with Gasteiger partial charge in [0.1, 0.15) is 11.3 Å². The lowest BCUT2D eigenvalue weighted by molar-refractivity contribution is -0.117. The topological polar surface area (TPSA) is 107 Å². The third-order valence-corrected chi connectivity index (χ3v) is 5.41. The molecule has 1 fully saturated rings. The van der Waals surface area contributed by atoms with E-state index in [1.54, 1.807) is 42.5 Å². The molecule has 0 aliphatic carbocycles. The lowest BCUT2D eigenvalue weighted by Gasteiger charge is -2.19. The van der Waals surface area contributed by atoms with Crippen LogP contribution in [0.25, 0.3) is 11.5 Å². The Labute approximate surface area is 185 Å². The Bertz CT molecular complexity index is 1130. The average molecular weight is 434 g/mol. The lowest BCUT2D eigenvalue weighted by atomic mass is 10.2. The summed E-state index contributed by atoms with van der Waals surface area (Å²) in [4.78, 5) is 42.2. The van der Waals surface area contributed by atoms with Crippen LogP contribution in [0.3, 0.4) is 0 Å². The van der Waals surface area contributed by atoms with E-state index in [2.05, 4.69) is 20.5 Å². The molecular formula is C24H26N4O4. The van der Waals surface area contributed by atoms with Crippen LogP contribution in [-0.2, 0) is 4.79 Å². The van der Waals surface area contributed by atoms with E-state index in [9.17, 15) is 14.4 Å². The van der Waals surface area contributed by atoms with Crippen molar-refractivity contribution in [2.24, 2.45) is 0 Å². The van der Waals surface area contributed by atoms with Gasteiger partial charge >= 0.3 is 0 Å². The first-order valence-corrected chi connectivity index (χ1v) is 10.8. The van der Waals surface area contributed by atoms with Crippen LogP contribution in [0.1, 0.15) is 36.0 Å². The van der Waals surface area contributed by atoms with Crippen LogP contribution in [0.5, 0.6) is 0 Å². The third kappa shape index (κ3) is 5.53. The summed E-state index contributed by atoms with van der Waals surface area (Å²) in [6, 6.07) is 13.4. The predicted molar refractivity (Wildman–Crippen MR) is 123 cm³/mol. The van der Waals surface area contributed by atoms with Gasteiger partial charge in [-0.3, -0.25) is 19.3 Å². The van der Waals surface area contributed by atoms with Crippen molar-refractivity contribution in [2.75, 3.05) is 30.3 Å². The van der Waals surface area contributed by atoms with Gasteiger partial charge in [0, 0.05) is 11.4 Å². The molecule has 1 aliphatic rings. The van der Waals surface area contributed by atoms with E-state index in [0.717, 1.165) is 25.9 Å². The summed E-state index contributed by atoms with van der Waals surface area (Å²) < 4.78 is 5.26. The fraction of sp³-hybridized carbons (Fsp3) is 0.292. The van der Waals surface area contributed by atoms with Crippen LogP contribution < -0.4 is 16.2 Å². The number of nitrogens with zero attached hydrogens (tertiary/aromatic N) is 1. The highest BCUT2D eigenvalue weighted by Gasteiger charge is 2.15. The summed E-state index contributed by atoms with van der Waals surface area (Å²) in [5.41, 5.74) is 1.03. The number of hydrogen-bond acceptors (Lipinski definition) is 5. The van der Waals surface area contributed by atoms with Crippen molar-refractivity contribution in [3.05, 3.63) is 70.7 Å². The molecule has 2 aromatic heterocycles. The number of benzene rings is 1. The van der Waals surface area contributed by atoms with Crippen LogP contribution in [0.15, 0.2) is 64.0 Å². The zero-order valence-corrected chi connectivity index (χ0v) is 17.7. The van der Waals surface area contributed by atoms with Gasteiger partial charge in [-0.25, -0.2) is 0 Å². The van der Waals surface area contributed by atoms with Crippen LogP contribution in [0.2, 0.25) is 0 Å². The van der Waals surface area contributed by atoms with Crippen molar-refractivity contribution in [1.29, 1.82) is 0 Å². The summed E-state index contributed by atoms with van der Waals surface area (Å²) in [7, 11) is 0. The number of carbonyl (C=O) groups is 2. The fourth-order valence-electron chi connectivity index (χ4n) is 3.80.